The summed E-state index contributed by atoms with van der Waals surface area (Å²) in [4.78, 5) is 8.47. The summed E-state index contributed by atoms with van der Waals surface area (Å²) in [6.07, 6.45) is 9.87. The van der Waals surface area contributed by atoms with E-state index in [9.17, 15) is 0 Å². The minimum absolute atomic E-state index is 0.884. The van der Waals surface area contributed by atoms with Crippen LogP contribution in [-0.4, -0.2) is 31.1 Å². The number of nitrogens with one attached hydrogen (secondary N) is 1. The van der Waals surface area contributed by atoms with E-state index in [0.717, 1.165) is 36.8 Å². The van der Waals surface area contributed by atoms with Gasteiger partial charge in [-0.1, -0.05) is 24.3 Å². The zero-order valence-electron chi connectivity index (χ0n) is 17.9. The molecule has 0 amide bonds. The third-order valence-electron chi connectivity index (χ3n) is 6.02. The number of hydrogen-bond donors (Lipinski definition) is 1. The topological polar surface area (TPSA) is 54.7 Å². The van der Waals surface area contributed by atoms with Crippen LogP contribution in [0.1, 0.15) is 21.6 Å². The van der Waals surface area contributed by atoms with Crippen molar-refractivity contribution in [2.24, 2.45) is 7.05 Å². The summed E-state index contributed by atoms with van der Waals surface area (Å²) >= 11 is 1.80. The summed E-state index contributed by atoms with van der Waals surface area (Å²) in [6, 6.07) is 17.3. The van der Waals surface area contributed by atoms with Gasteiger partial charge in [-0.25, -0.2) is 9.67 Å². The average molecular weight is 441 g/mol. The Morgan fingerprint density at radius 2 is 2.03 bits per heavy atom. The van der Waals surface area contributed by atoms with Gasteiger partial charge in [0.2, 0.25) is 0 Å². The third kappa shape index (κ3) is 3.65. The average Bonchev–Trinajstić information content (AvgIpc) is 3.49. The van der Waals surface area contributed by atoms with Gasteiger partial charge >= 0.3 is 0 Å². The number of H-pyrrole nitrogens is 1. The number of nitrogens with zero attached hydrogens (tertiary/aromatic N) is 5. The van der Waals surface area contributed by atoms with Gasteiger partial charge in [-0.05, 0) is 47.4 Å². The maximum Gasteiger partial charge on any atom is 0.185 e. The molecule has 2 aromatic carbocycles. The molecule has 5 aromatic rings. The fraction of sp³-hybridized carbons (Fsp3) is 0.200. The first-order valence-corrected chi connectivity index (χ1v) is 11.6. The molecule has 0 bridgehead atoms. The third-order valence-corrected chi connectivity index (χ3v) is 7.08. The summed E-state index contributed by atoms with van der Waals surface area (Å²) < 4.78 is 3.87. The van der Waals surface area contributed by atoms with Crippen LogP contribution < -0.4 is 4.90 Å². The van der Waals surface area contributed by atoms with E-state index in [1.807, 2.05) is 34.9 Å². The highest BCUT2D eigenvalue weighted by Crippen LogP contribution is 2.31. The van der Waals surface area contributed by atoms with Crippen molar-refractivity contribution in [2.75, 3.05) is 11.4 Å². The van der Waals surface area contributed by atoms with Crippen molar-refractivity contribution < 1.29 is 0 Å². The van der Waals surface area contributed by atoms with Crippen molar-refractivity contribution in [2.45, 2.75) is 19.4 Å². The lowest BCUT2D eigenvalue weighted by Gasteiger charge is -2.29. The number of aryl methyl sites for hydroxylation is 1. The molecule has 7 heteroatoms. The maximum atomic E-state index is 4.77. The van der Waals surface area contributed by atoms with Crippen molar-refractivity contribution >= 4 is 16.5 Å². The van der Waals surface area contributed by atoms with Crippen LogP contribution in [0.4, 0.5) is 5.13 Å². The SMILES string of the molecule is Cn1cc(-c2ccc3c(c2)CN(c2ncc(Cc4cccc(-n5cccn5)c4)s2)CC3)[nH]1. The summed E-state index contributed by atoms with van der Waals surface area (Å²) in [5.41, 5.74) is 7.64. The summed E-state index contributed by atoms with van der Waals surface area (Å²) in [5.74, 6) is 0. The highest BCUT2D eigenvalue weighted by atomic mass is 32.1. The summed E-state index contributed by atoms with van der Waals surface area (Å²) in [6.45, 7) is 1.92. The van der Waals surface area contributed by atoms with Gasteiger partial charge in [-0.3, -0.25) is 9.78 Å². The molecule has 0 saturated carbocycles. The molecule has 32 heavy (non-hydrogen) atoms. The molecule has 0 saturated heterocycles. The number of thiazole rings is 1. The number of aromatic nitrogens is 5. The molecule has 1 N–H and O–H groups in total. The first-order valence-electron chi connectivity index (χ1n) is 10.8. The van der Waals surface area contributed by atoms with Crippen molar-refractivity contribution in [3.05, 3.63) is 94.9 Å². The van der Waals surface area contributed by atoms with E-state index in [1.165, 1.54) is 32.8 Å². The lowest BCUT2D eigenvalue weighted by molar-refractivity contribution is 0.697. The van der Waals surface area contributed by atoms with E-state index in [1.54, 1.807) is 17.5 Å². The molecule has 0 spiro atoms. The van der Waals surface area contributed by atoms with Gasteiger partial charge in [0.15, 0.2) is 5.13 Å². The van der Waals surface area contributed by atoms with Crippen LogP contribution in [-0.2, 0) is 26.4 Å². The first-order chi connectivity index (χ1) is 15.7. The first kappa shape index (κ1) is 19.1. The summed E-state index contributed by atoms with van der Waals surface area (Å²) in [5, 5.41) is 8.76. The Morgan fingerprint density at radius 1 is 1.09 bits per heavy atom. The molecule has 0 unspecified atom stereocenters. The van der Waals surface area contributed by atoms with Gasteiger partial charge in [0, 0.05) is 61.8 Å². The standard InChI is InChI=1S/C25H24N6S/c1-29-17-24(28-29)20-7-6-19-8-11-30(16-21(19)14-20)25-26-15-23(32-25)13-18-4-2-5-22(12-18)31-10-3-9-27-31/h2-7,9-10,12,14-15,17,28H,8,11,13,16H2,1H3. The van der Waals surface area contributed by atoms with E-state index in [4.69, 9.17) is 4.98 Å². The van der Waals surface area contributed by atoms with Crippen LogP contribution in [0.15, 0.2) is 73.3 Å². The molecule has 6 nitrogen and oxygen atoms in total. The van der Waals surface area contributed by atoms with Crippen LogP contribution in [0.3, 0.4) is 0 Å². The van der Waals surface area contributed by atoms with Crippen LogP contribution in [0.5, 0.6) is 0 Å². The number of fused-ring (bicyclic) bond motifs is 1. The molecule has 0 aliphatic carbocycles. The zero-order chi connectivity index (χ0) is 21.5. The number of aromatic amines is 1. The highest BCUT2D eigenvalue weighted by Gasteiger charge is 2.20. The number of hydrogen-bond acceptors (Lipinski definition) is 4. The van der Waals surface area contributed by atoms with Crippen molar-refractivity contribution in [1.29, 1.82) is 0 Å². The smallest absolute Gasteiger partial charge is 0.185 e. The van der Waals surface area contributed by atoms with Crippen LogP contribution >= 0.6 is 11.3 Å². The van der Waals surface area contributed by atoms with Crippen LogP contribution in [0, 0.1) is 0 Å². The van der Waals surface area contributed by atoms with Gasteiger partial charge in [0.25, 0.3) is 0 Å². The Labute approximate surface area is 190 Å². The quantitative estimate of drug-likeness (QED) is 0.426. The molecule has 0 fully saturated rings. The molecular formula is C25H24N6S. The predicted octanol–water partition coefficient (Wildman–Crippen LogP) is 4.82. The largest absolute Gasteiger partial charge is 0.343 e. The number of rotatable bonds is 5. The van der Waals surface area contributed by atoms with Gasteiger partial charge in [-0.15, -0.1) is 11.3 Å². The minimum Gasteiger partial charge on any atom is -0.343 e. The van der Waals surface area contributed by atoms with E-state index < -0.39 is 0 Å². The Bertz CT molecular complexity index is 1340. The Morgan fingerprint density at radius 3 is 2.88 bits per heavy atom. The van der Waals surface area contributed by atoms with E-state index in [-0.39, 0.29) is 0 Å². The normalized spacial score (nSPS) is 13.5. The second kappa shape index (κ2) is 7.84. The maximum absolute atomic E-state index is 4.77. The van der Waals surface area contributed by atoms with Gasteiger partial charge in [-0.2, -0.15) is 5.10 Å². The highest BCUT2D eigenvalue weighted by molar-refractivity contribution is 7.15. The molecule has 1 aliphatic rings. The van der Waals surface area contributed by atoms with Crippen molar-refractivity contribution in [3.8, 4) is 16.9 Å². The van der Waals surface area contributed by atoms with Gasteiger partial charge in [0.1, 0.15) is 0 Å². The predicted molar refractivity (Wildman–Crippen MR) is 128 cm³/mol. The number of anilines is 1. The second-order valence-electron chi connectivity index (χ2n) is 8.33. The zero-order valence-corrected chi connectivity index (χ0v) is 18.7. The molecule has 0 atom stereocenters. The molecule has 4 heterocycles. The minimum atomic E-state index is 0.884. The molecule has 160 valence electrons. The van der Waals surface area contributed by atoms with E-state index in [0.29, 0.717) is 0 Å². The van der Waals surface area contributed by atoms with Crippen molar-refractivity contribution in [1.82, 2.24) is 24.5 Å². The molecular weight excluding hydrogens is 416 g/mol. The lowest BCUT2D eigenvalue weighted by atomic mass is 9.96. The lowest BCUT2D eigenvalue weighted by Crippen LogP contribution is -2.30. The second-order valence-corrected chi connectivity index (χ2v) is 9.42. The monoisotopic (exact) mass is 440 g/mol. The molecule has 6 rings (SSSR count). The fourth-order valence-electron chi connectivity index (χ4n) is 4.36. The van der Waals surface area contributed by atoms with Gasteiger partial charge < -0.3 is 4.90 Å². The van der Waals surface area contributed by atoms with Crippen LogP contribution in [0.25, 0.3) is 16.9 Å². The fourth-order valence-corrected chi connectivity index (χ4v) is 5.33. The van der Waals surface area contributed by atoms with Crippen molar-refractivity contribution in [3.63, 3.8) is 0 Å². The van der Waals surface area contributed by atoms with Gasteiger partial charge in [0.05, 0.1) is 11.4 Å². The Hall–Kier alpha value is -3.58. The molecule has 1 aliphatic heterocycles. The summed E-state index contributed by atoms with van der Waals surface area (Å²) in [7, 11) is 2.01. The van der Waals surface area contributed by atoms with E-state index in [2.05, 4.69) is 63.8 Å². The Balaban J connectivity index is 1.18. The Kier molecular flexibility index (Phi) is 4.69. The molecule has 0 radical (unpaired) electrons. The molecule has 3 aromatic heterocycles. The van der Waals surface area contributed by atoms with E-state index >= 15 is 0 Å². The van der Waals surface area contributed by atoms with Crippen LogP contribution in [0.2, 0.25) is 0 Å². The number of benzene rings is 2.